The van der Waals surface area contributed by atoms with Crippen LogP contribution in [0.4, 0.5) is 0 Å². The fourth-order valence-corrected chi connectivity index (χ4v) is 3.77. The van der Waals surface area contributed by atoms with Gasteiger partial charge in [0.2, 0.25) is 0 Å². The van der Waals surface area contributed by atoms with Gasteiger partial charge in [-0.25, -0.2) is 0 Å². The zero-order valence-electron chi connectivity index (χ0n) is 6.65. The van der Waals surface area contributed by atoms with Crippen LogP contribution < -0.4 is 0 Å². The molecule has 0 aromatic carbocycles. The van der Waals surface area contributed by atoms with E-state index in [1.54, 1.807) is 0 Å². The van der Waals surface area contributed by atoms with Gasteiger partial charge in [-0.05, 0) is 52.7 Å². The predicted molar refractivity (Wildman–Crippen MR) is 61.2 cm³/mol. The summed E-state index contributed by atoms with van der Waals surface area (Å²) in [5.41, 5.74) is 0.615. The van der Waals surface area contributed by atoms with E-state index in [0.29, 0.717) is 5.41 Å². The maximum atomic E-state index is 3.59. The number of thiophene rings is 1. The van der Waals surface area contributed by atoms with E-state index in [9.17, 15) is 0 Å². The van der Waals surface area contributed by atoms with Crippen LogP contribution in [0.1, 0.15) is 17.7 Å². The zero-order valence-corrected chi connectivity index (χ0v) is 10.6. The van der Waals surface area contributed by atoms with E-state index in [0.717, 1.165) is 5.33 Å². The highest BCUT2D eigenvalue weighted by molar-refractivity contribution is 9.11. The minimum atomic E-state index is 0.615. The third-order valence-corrected chi connectivity index (χ3v) is 5.23. The van der Waals surface area contributed by atoms with Gasteiger partial charge in [-0.2, -0.15) is 0 Å². The number of halogens is 2. The topological polar surface area (TPSA) is 0 Å². The Bertz CT molecular complexity index is 276. The van der Waals surface area contributed by atoms with Crippen LogP contribution in [-0.4, -0.2) is 5.33 Å². The lowest BCUT2D eigenvalue weighted by molar-refractivity contribution is 0.592. The summed E-state index contributed by atoms with van der Waals surface area (Å²) < 4.78 is 1.25. The maximum absolute atomic E-state index is 3.59. The van der Waals surface area contributed by atoms with Crippen molar-refractivity contribution in [3.05, 3.63) is 20.8 Å². The second-order valence-electron chi connectivity index (χ2n) is 3.52. The van der Waals surface area contributed by atoms with E-state index >= 15 is 0 Å². The quantitative estimate of drug-likeness (QED) is 0.733. The van der Waals surface area contributed by atoms with Gasteiger partial charge in [0.1, 0.15) is 0 Å². The van der Waals surface area contributed by atoms with E-state index in [4.69, 9.17) is 0 Å². The van der Waals surface area contributed by atoms with Crippen LogP contribution in [0.3, 0.4) is 0 Å². The van der Waals surface area contributed by atoms with E-state index in [2.05, 4.69) is 44.0 Å². The van der Waals surface area contributed by atoms with Crippen LogP contribution in [0.15, 0.2) is 15.9 Å². The van der Waals surface area contributed by atoms with Crippen LogP contribution in [0.5, 0.6) is 0 Å². The van der Waals surface area contributed by atoms with Crippen LogP contribution in [0.2, 0.25) is 0 Å². The highest BCUT2D eigenvalue weighted by Gasteiger charge is 2.41. The molecule has 1 saturated carbocycles. The van der Waals surface area contributed by atoms with E-state index < -0.39 is 0 Å². The summed E-state index contributed by atoms with van der Waals surface area (Å²) in [6, 6.07) is 4.38. The Balaban J connectivity index is 2.04. The minimum absolute atomic E-state index is 0.615. The van der Waals surface area contributed by atoms with Gasteiger partial charge >= 0.3 is 0 Å². The molecule has 1 fully saturated rings. The summed E-state index contributed by atoms with van der Waals surface area (Å²) in [5.74, 6) is 0. The molecule has 0 N–H and O–H groups in total. The van der Waals surface area contributed by atoms with E-state index in [1.807, 2.05) is 11.3 Å². The molecular weight excluding hydrogens is 300 g/mol. The molecule has 12 heavy (non-hydrogen) atoms. The average Bonchev–Trinajstić information content (AvgIpc) is 2.71. The molecule has 0 amide bonds. The summed E-state index contributed by atoms with van der Waals surface area (Å²) in [4.78, 5) is 1.51. The van der Waals surface area contributed by atoms with E-state index in [-0.39, 0.29) is 0 Å². The monoisotopic (exact) mass is 308 g/mol. The van der Waals surface area contributed by atoms with Crippen LogP contribution in [-0.2, 0) is 6.42 Å². The van der Waals surface area contributed by atoms with Gasteiger partial charge in [-0.3, -0.25) is 0 Å². The van der Waals surface area contributed by atoms with Crippen molar-refractivity contribution in [2.75, 3.05) is 5.33 Å². The molecule has 1 aromatic rings. The third-order valence-electron chi connectivity index (χ3n) is 2.42. The predicted octanol–water partition coefficient (Wildman–Crippen LogP) is 4.23. The molecule has 1 aliphatic carbocycles. The van der Waals surface area contributed by atoms with E-state index in [1.165, 1.54) is 27.9 Å². The van der Waals surface area contributed by atoms with Gasteiger partial charge in [-0.15, -0.1) is 11.3 Å². The Morgan fingerprint density at radius 3 is 2.58 bits per heavy atom. The largest absolute Gasteiger partial charge is 0.133 e. The molecule has 1 aliphatic rings. The Kier molecular flexibility index (Phi) is 2.64. The molecule has 66 valence electrons. The highest BCUT2D eigenvalue weighted by atomic mass is 79.9. The molecule has 0 aliphatic heterocycles. The Hall–Kier alpha value is 0.660. The summed E-state index contributed by atoms with van der Waals surface area (Å²) in [6.07, 6.45) is 4.05. The number of hydrogen-bond donors (Lipinski definition) is 0. The lowest BCUT2D eigenvalue weighted by Gasteiger charge is -2.07. The van der Waals surface area contributed by atoms with Crippen molar-refractivity contribution in [1.29, 1.82) is 0 Å². The number of alkyl halides is 1. The number of hydrogen-bond acceptors (Lipinski definition) is 1. The normalized spacial score (nSPS) is 19.5. The van der Waals surface area contributed by atoms with Crippen molar-refractivity contribution < 1.29 is 0 Å². The molecule has 0 unspecified atom stereocenters. The molecule has 1 aromatic heterocycles. The average molecular weight is 310 g/mol. The summed E-state index contributed by atoms with van der Waals surface area (Å²) >= 11 is 8.95. The molecule has 2 rings (SSSR count). The third kappa shape index (κ3) is 1.94. The molecule has 0 spiro atoms. The van der Waals surface area contributed by atoms with Crippen LogP contribution in [0.25, 0.3) is 0 Å². The Labute approximate surface area is 93.6 Å². The van der Waals surface area contributed by atoms with Crippen LogP contribution in [0, 0.1) is 5.41 Å². The van der Waals surface area contributed by atoms with Crippen molar-refractivity contribution in [2.24, 2.45) is 5.41 Å². The molecule has 1 heterocycles. The Morgan fingerprint density at radius 2 is 2.17 bits per heavy atom. The standard InChI is InChI=1S/C9H10Br2S/c10-6-9(3-4-9)5-7-1-2-8(11)12-7/h1-2H,3-6H2. The van der Waals surface area contributed by atoms with Gasteiger partial charge in [0.05, 0.1) is 3.79 Å². The van der Waals surface area contributed by atoms with Crippen molar-refractivity contribution in [3.63, 3.8) is 0 Å². The van der Waals surface area contributed by atoms with Crippen molar-refractivity contribution in [2.45, 2.75) is 19.3 Å². The number of rotatable bonds is 3. The second kappa shape index (κ2) is 3.43. The molecule has 0 atom stereocenters. The Morgan fingerprint density at radius 1 is 1.42 bits per heavy atom. The van der Waals surface area contributed by atoms with Gasteiger partial charge in [0, 0.05) is 10.2 Å². The molecule has 0 nitrogen and oxygen atoms in total. The first-order valence-electron chi connectivity index (χ1n) is 4.04. The summed E-state index contributed by atoms with van der Waals surface area (Å²) in [7, 11) is 0. The van der Waals surface area contributed by atoms with Gasteiger partial charge < -0.3 is 0 Å². The van der Waals surface area contributed by atoms with Gasteiger partial charge in [0.25, 0.3) is 0 Å². The van der Waals surface area contributed by atoms with Crippen molar-refractivity contribution in [3.8, 4) is 0 Å². The minimum Gasteiger partial charge on any atom is -0.133 e. The summed E-state index contributed by atoms with van der Waals surface area (Å²) in [5, 5.41) is 1.16. The zero-order chi connectivity index (χ0) is 8.60. The van der Waals surface area contributed by atoms with Crippen molar-refractivity contribution >= 4 is 43.2 Å². The van der Waals surface area contributed by atoms with Crippen molar-refractivity contribution in [1.82, 2.24) is 0 Å². The SMILES string of the molecule is BrCC1(Cc2ccc(Br)s2)CC1. The molecule has 3 heteroatoms. The first-order valence-corrected chi connectivity index (χ1v) is 6.77. The fraction of sp³-hybridized carbons (Fsp3) is 0.556. The first kappa shape index (κ1) is 9.22. The second-order valence-corrected chi connectivity index (χ2v) is 6.62. The first-order chi connectivity index (χ1) is 5.74. The lowest BCUT2D eigenvalue weighted by atomic mass is 10.1. The van der Waals surface area contributed by atoms with Gasteiger partial charge in [0.15, 0.2) is 0 Å². The maximum Gasteiger partial charge on any atom is 0.0701 e. The molecular formula is C9H10Br2S. The lowest BCUT2D eigenvalue weighted by Crippen LogP contribution is -2.04. The van der Waals surface area contributed by atoms with Gasteiger partial charge in [-0.1, -0.05) is 15.9 Å². The highest BCUT2D eigenvalue weighted by Crippen LogP contribution is 2.50. The summed E-state index contributed by atoms with van der Waals surface area (Å²) in [6.45, 7) is 0. The molecule has 0 saturated heterocycles. The molecule has 0 bridgehead atoms. The fourth-order valence-electron chi connectivity index (χ4n) is 1.35. The smallest absolute Gasteiger partial charge is 0.0701 e. The molecule has 0 radical (unpaired) electrons. The van der Waals surface area contributed by atoms with Crippen LogP contribution >= 0.6 is 43.2 Å².